The first-order valence-corrected chi connectivity index (χ1v) is 7.08. The number of aromatic nitrogens is 3. The van der Waals surface area contributed by atoms with Crippen molar-refractivity contribution < 1.29 is 4.79 Å². The quantitative estimate of drug-likeness (QED) is 0.627. The Kier molecular flexibility index (Phi) is 4.26. The van der Waals surface area contributed by atoms with Crippen LogP contribution in [-0.2, 0) is 11.3 Å². The van der Waals surface area contributed by atoms with E-state index in [-0.39, 0.29) is 5.57 Å². The Morgan fingerprint density at radius 1 is 1.43 bits per heavy atom. The van der Waals surface area contributed by atoms with Crippen molar-refractivity contribution >= 4 is 28.2 Å². The van der Waals surface area contributed by atoms with Gasteiger partial charge < -0.3 is 11.5 Å². The van der Waals surface area contributed by atoms with Gasteiger partial charge in [-0.05, 0) is 13.3 Å². The van der Waals surface area contributed by atoms with Crippen molar-refractivity contribution in [2.75, 3.05) is 5.73 Å². The number of nitrogens with zero attached hydrogens (tertiary/aromatic N) is 3. The Balaban J connectivity index is 2.49. The fraction of sp³-hybridized carbons (Fsp3) is 0.400. The molecule has 0 aliphatic carbocycles. The van der Waals surface area contributed by atoms with Gasteiger partial charge in [-0.1, -0.05) is 26.3 Å². The second kappa shape index (κ2) is 5.95. The molecule has 0 radical (unpaired) electrons. The van der Waals surface area contributed by atoms with Crippen LogP contribution in [0.15, 0.2) is 12.8 Å². The van der Waals surface area contributed by atoms with Crippen LogP contribution in [0.25, 0.3) is 16.6 Å². The highest BCUT2D eigenvalue weighted by Gasteiger charge is 2.18. The highest BCUT2D eigenvalue weighted by atomic mass is 16.1. The third-order valence-electron chi connectivity index (χ3n) is 3.58. The highest BCUT2D eigenvalue weighted by Crippen LogP contribution is 2.30. The van der Waals surface area contributed by atoms with E-state index in [1.807, 2.05) is 4.68 Å². The third kappa shape index (κ3) is 2.74. The van der Waals surface area contributed by atoms with E-state index in [0.717, 1.165) is 36.8 Å². The number of hydrogen-bond acceptors (Lipinski definition) is 4. The lowest BCUT2D eigenvalue weighted by atomic mass is 10.0. The van der Waals surface area contributed by atoms with Crippen molar-refractivity contribution in [1.82, 2.24) is 14.8 Å². The number of fused-ring (bicyclic) bond motifs is 1. The summed E-state index contributed by atoms with van der Waals surface area (Å²) >= 11 is 0. The van der Waals surface area contributed by atoms with Crippen LogP contribution < -0.4 is 11.5 Å². The molecular formula is C15H21N5O. The fourth-order valence-corrected chi connectivity index (χ4v) is 2.41. The molecule has 0 saturated heterocycles. The van der Waals surface area contributed by atoms with Gasteiger partial charge in [0, 0.05) is 23.4 Å². The van der Waals surface area contributed by atoms with E-state index in [1.54, 1.807) is 13.1 Å². The van der Waals surface area contributed by atoms with E-state index in [0.29, 0.717) is 16.9 Å². The second-order valence-corrected chi connectivity index (χ2v) is 5.14. The van der Waals surface area contributed by atoms with Gasteiger partial charge >= 0.3 is 0 Å². The molecule has 0 saturated carbocycles. The molecule has 21 heavy (non-hydrogen) atoms. The Labute approximate surface area is 123 Å². The summed E-state index contributed by atoms with van der Waals surface area (Å²) in [5, 5.41) is 5.07. The number of rotatable bonds is 6. The molecule has 0 unspecified atom stereocenters. The Morgan fingerprint density at radius 2 is 2.14 bits per heavy atom. The van der Waals surface area contributed by atoms with Crippen LogP contribution in [0.3, 0.4) is 0 Å². The van der Waals surface area contributed by atoms with Crippen LogP contribution in [0.2, 0.25) is 0 Å². The fourth-order valence-electron chi connectivity index (χ4n) is 2.41. The molecule has 6 heteroatoms. The molecule has 2 aromatic rings. The Morgan fingerprint density at radius 3 is 2.76 bits per heavy atom. The average molecular weight is 287 g/mol. The third-order valence-corrected chi connectivity index (χ3v) is 3.58. The van der Waals surface area contributed by atoms with Crippen LogP contribution in [-0.4, -0.2) is 20.7 Å². The molecule has 0 atom stereocenters. The molecule has 2 heterocycles. The van der Waals surface area contributed by atoms with Gasteiger partial charge in [-0.2, -0.15) is 5.10 Å². The standard InChI is InChI=1S/C15H21N5O/c1-4-5-6-7-20-15-11(8-18-20)13(16)12(10(3)19-15)9(2)14(17)21/h8H,2,4-7H2,1,3H3,(H2,16,19)(H2,17,21). The zero-order valence-corrected chi connectivity index (χ0v) is 12.5. The Bertz CT molecular complexity index is 702. The second-order valence-electron chi connectivity index (χ2n) is 5.14. The number of nitrogens with two attached hydrogens (primary N) is 2. The predicted octanol–water partition coefficient (Wildman–Crippen LogP) is 2.01. The monoisotopic (exact) mass is 287 g/mol. The van der Waals surface area contributed by atoms with Gasteiger partial charge in [0.15, 0.2) is 5.65 Å². The molecule has 2 rings (SSSR count). The van der Waals surface area contributed by atoms with Crippen molar-refractivity contribution in [1.29, 1.82) is 0 Å². The summed E-state index contributed by atoms with van der Waals surface area (Å²) in [7, 11) is 0. The summed E-state index contributed by atoms with van der Waals surface area (Å²) in [6, 6.07) is 0. The molecule has 1 amide bonds. The van der Waals surface area contributed by atoms with E-state index in [4.69, 9.17) is 11.5 Å². The zero-order valence-electron chi connectivity index (χ0n) is 12.5. The zero-order chi connectivity index (χ0) is 15.6. The molecule has 2 aromatic heterocycles. The number of unbranched alkanes of at least 4 members (excludes halogenated alkanes) is 2. The number of carbonyl (C=O) groups excluding carboxylic acids is 1. The van der Waals surface area contributed by atoms with Crippen LogP contribution in [0.4, 0.5) is 5.69 Å². The van der Waals surface area contributed by atoms with Crippen LogP contribution >= 0.6 is 0 Å². The van der Waals surface area contributed by atoms with E-state index < -0.39 is 5.91 Å². The van der Waals surface area contributed by atoms with Gasteiger partial charge in [-0.3, -0.25) is 4.79 Å². The van der Waals surface area contributed by atoms with E-state index in [9.17, 15) is 4.79 Å². The molecule has 0 spiro atoms. The minimum atomic E-state index is -0.596. The topological polar surface area (TPSA) is 99.8 Å². The molecule has 112 valence electrons. The maximum atomic E-state index is 11.3. The van der Waals surface area contributed by atoms with E-state index >= 15 is 0 Å². The number of hydrogen-bond donors (Lipinski definition) is 2. The number of pyridine rings is 1. The van der Waals surface area contributed by atoms with Gasteiger partial charge in [0.2, 0.25) is 5.91 Å². The maximum Gasteiger partial charge on any atom is 0.248 e. The number of nitrogen functional groups attached to an aromatic ring is 1. The van der Waals surface area contributed by atoms with Crippen molar-refractivity contribution in [3.05, 3.63) is 24.0 Å². The van der Waals surface area contributed by atoms with Gasteiger partial charge in [0.05, 0.1) is 17.3 Å². The molecule has 6 nitrogen and oxygen atoms in total. The van der Waals surface area contributed by atoms with Crippen molar-refractivity contribution in [2.24, 2.45) is 5.73 Å². The molecule has 0 fully saturated rings. The minimum absolute atomic E-state index is 0.179. The average Bonchev–Trinajstić information content (AvgIpc) is 2.82. The summed E-state index contributed by atoms with van der Waals surface area (Å²) in [6.45, 7) is 8.45. The Hall–Kier alpha value is -2.37. The first-order chi connectivity index (χ1) is 9.97. The van der Waals surface area contributed by atoms with Crippen molar-refractivity contribution in [3.63, 3.8) is 0 Å². The predicted molar refractivity (Wildman–Crippen MR) is 84.4 cm³/mol. The summed E-state index contributed by atoms with van der Waals surface area (Å²) in [5.74, 6) is -0.596. The van der Waals surface area contributed by atoms with Crippen LogP contribution in [0.1, 0.15) is 37.4 Å². The SMILES string of the molecule is C=C(C(N)=O)c1c(C)nc2c(cnn2CCCCC)c1N. The molecule has 4 N–H and O–H groups in total. The molecule has 0 aliphatic heterocycles. The summed E-state index contributed by atoms with van der Waals surface area (Å²) in [6.07, 6.45) is 5.02. The number of aryl methyl sites for hydroxylation is 2. The highest BCUT2D eigenvalue weighted by molar-refractivity contribution is 6.21. The van der Waals surface area contributed by atoms with Gasteiger partial charge in [0.1, 0.15) is 0 Å². The number of carbonyl (C=O) groups is 1. The lowest BCUT2D eigenvalue weighted by molar-refractivity contribution is -0.112. The van der Waals surface area contributed by atoms with Gasteiger partial charge in [-0.15, -0.1) is 0 Å². The van der Waals surface area contributed by atoms with Crippen molar-refractivity contribution in [3.8, 4) is 0 Å². The largest absolute Gasteiger partial charge is 0.398 e. The lowest BCUT2D eigenvalue weighted by Crippen LogP contribution is -2.15. The lowest BCUT2D eigenvalue weighted by Gasteiger charge is -2.11. The van der Waals surface area contributed by atoms with Gasteiger partial charge in [0.25, 0.3) is 0 Å². The maximum absolute atomic E-state index is 11.3. The number of anilines is 1. The molecular weight excluding hydrogens is 266 g/mol. The van der Waals surface area contributed by atoms with E-state index in [1.165, 1.54) is 0 Å². The van der Waals surface area contributed by atoms with Crippen LogP contribution in [0, 0.1) is 6.92 Å². The first kappa shape index (κ1) is 15.0. The summed E-state index contributed by atoms with van der Waals surface area (Å²) in [5.41, 5.74) is 14.0. The molecule has 0 aromatic carbocycles. The van der Waals surface area contributed by atoms with Crippen molar-refractivity contribution in [2.45, 2.75) is 39.7 Å². The normalized spacial score (nSPS) is 11.0. The van der Waals surface area contributed by atoms with E-state index in [2.05, 4.69) is 23.6 Å². The number of primary amides is 1. The van der Waals surface area contributed by atoms with Gasteiger partial charge in [-0.25, -0.2) is 9.67 Å². The summed E-state index contributed by atoms with van der Waals surface area (Å²) < 4.78 is 1.85. The van der Waals surface area contributed by atoms with Crippen LogP contribution in [0.5, 0.6) is 0 Å². The minimum Gasteiger partial charge on any atom is -0.398 e. The smallest absolute Gasteiger partial charge is 0.248 e. The first-order valence-electron chi connectivity index (χ1n) is 7.08. The molecule has 0 bridgehead atoms. The number of amides is 1. The molecule has 0 aliphatic rings. The summed E-state index contributed by atoms with van der Waals surface area (Å²) in [4.78, 5) is 15.9.